The van der Waals surface area contributed by atoms with Gasteiger partial charge in [-0.25, -0.2) is 0 Å². The predicted molar refractivity (Wildman–Crippen MR) is 91.0 cm³/mol. The summed E-state index contributed by atoms with van der Waals surface area (Å²) in [5.74, 6) is 0. The highest BCUT2D eigenvalue weighted by atomic mass is 14.1. The molecule has 0 N–H and O–H groups in total. The highest BCUT2D eigenvalue weighted by Crippen LogP contribution is 2.24. The molecule has 0 saturated carbocycles. The van der Waals surface area contributed by atoms with Crippen LogP contribution in [0.1, 0.15) is 37.0 Å². The van der Waals surface area contributed by atoms with Crippen molar-refractivity contribution in [1.82, 2.24) is 0 Å². The molecule has 0 radical (unpaired) electrons. The fourth-order valence-corrected chi connectivity index (χ4v) is 2.53. The van der Waals surface area contributed by atoms with E-state index in [0.717, 1.165) is 12.8 Å². The van der Waals surface area contributed by atoms with Crippen molar-refractivity contribution in [3.63, 3.8) is 0 Å². The van der Waals surface area contributed by atoms with Crippen molar-refractivity contribution in [1.29, 1.82) is 0 Å². The Labute approximate surface area is 128 Å². The molecule has 0 atom stereocenters. The molecule has 0 fully saturated rings. The quantitative estimate of drug-likeness (QED) is 0.624. The molecule has 0 heterocycles. The van der Waals surface area contributed by atoms with E-state index in [1.54, 1.807) is 0 Å². The lowest BCUT2D eigenvalue weighted by Gasteiger charge is -2.10. The Morgan fingerprint density at radius 2 is 1.90 bits per heavy atom. The van der Waals surface area contributed by atoms with Gasteiger partial charge < -0.3 is 0 Å². The van der Waals surface area contributed by atoms with Gasteiger partial charge in [0.1, 0.15) is 0 Å². The van der Waals surface area contributed by atoms with E-state index in [9.17, 15) is 0 Å². The molecule has 0 aliphatic rings. The third-order valence-corrected chi connectivity index (χ3v) is 3.76. The monoisotopic (exact) mass is 274 g/mol. The molecule has 0 saturated heterocycles. The molecule has 0 aromatic heterocycles. The fourth-order valence-electron chi connectivity index (χ4n) is 2.53. The first kappa shape index (κ1) is 15.1. The zero-order chi connectivity index (χ0) is 15.1. The van der Waals surface area contributed by atoms with Crippen molar-refractivity contribution in [3.8, 4) is 0 Å². The Kier molecular flexibility index (Phi) is 5.41. The lowest BCUT2D eigenvalue weighted by atomic mass is 9.94. The molecular formula is C21H22. The Hall–Kier alpha value is -2.26. The number of benzene rings is 1. The first-order chi connectivity index (χ1) is 10.2. The lowest BCUT2D eigenvalue weighted by molar-refractivity contribution is 0.965. The Balaban J connectivity index is 2.25. The van der Waals surface area contributed by atoms with Gasteiger partial charge in [-0.05, 0) is 68.0 Å². The van der Waals surface area contributed by atoms with E-state index in [1.807, 2.05) is 6.07 Å². The van der Waals surface area contributed by atoms with Gasteiger partial charge in [0.2, 0.25) is 0 Å². The van der Waals surface area contributed by atoms with Gasteiger partial charge in [-0.15, -0.1) is 0 Å². The minimum atomic E-state index is 1.04. The third kappa shape index (κ3) is 4.10. The summed E-state index contributed by atoms with van der Waals surface area (Å²) in [6.07, 6.45) is 6.44. The van der Waals surface area contributed by atoms with Crippen LogP contribution in [0, 0.1) is 19.1 Å². The smallest absolute Gasteiger partial charge is 0.0310 e. The zero-order valence-corrected chi connectivity index (χ0v) is 13.1. The summed E-state index contributed by atoms with van der Waals surface area (Å²) in [5.41, 5.74) is 6.50. The van der Waals surface area contributed by atoms with Crippen molar-refractivity contribution >= 4 is 5.57 Å². The molecule has 0 aliphatic carbocycles. The van der Waals surface area contributed by atoms with Crippen LogP contribution >= 0.6 is 0 Å². The zero-order valence-electron chi connectivity index (χ0n) is 13.1. The Morgan fingerprint density at radius 1 is 1.14 bits per heavy atom. The first-order valence-corrected chi connectivity index (χ1v) is 7.48. The highest BCUT2D eigenvalue weighted by Gasteiger charge is 2.05. The average Bonchev–Trinajstić information content (AvgIpc) is 2.52. The summed E-state index contributed by atoms with van der Waals surface area (Å²) >= 11 is 0. The molecule has 0 aliphatic heterocycles. The van der Waals surface area contributed by atoms with Gasteiger partial charge in [-0.3, -0.25) is 0 Å². The molecule has 2 aromatic rings. The van der Waals surface area contributed by atoms with Gasteiger partial charge >= 0.3 is 0 Å². The Bertz CT molecular complexity index is 630. The van der Waals surface area contributed by atoms with Gasteiger partial charge in [0.05, 0.1) is 0 Å². The maximum atomic E-state index is 3.26. The van der Waals surface area contributed by atoms with Crippen LogP contribution in [0.3, 0.4) is 0 Å². The first-order valence-electron chi connectivity index (χ1n) is 7.48. The van der Waals surface area contributed by atoms with Gasteiger partial charge in [0.25, 0.3) is 0 Å². The van der Waals surface area contributed by atoms with E-state index in [1.165, 1.54) is 27.8 Å². The summed E-state index contributed by atoms with van der Waals surface area (Å²) in [6, 6.07) is 21.0. The number of aryl methyl sites for hydroxylation is 2. The van der Waals surface area contributed by atoms with Crippen LogP contribution in [0.15, 0.2) is 60.2 Å². The summed E-state index contributed by atoms with van der Waals surface area (Å²) in [6.45, 7) is 6.39. The second-order valence-electron chi connectivity index (χ2n) is 5.30. The van der Waals surface area contributed by atoms with Crippen LogP contribution in [0.4, 0.5) is 0 Å². The molecule has 0 nitrogen and oxygen atoms in total. The van der Waals surface area contributed by atoms with E-state index in [2.05, 4.69) is 81.5 Å². The van der Waals surface area contributed by atoms with Crippen molar-refractivity contribution in [2.75, 3.05) is 0 Å². The molecule has 2 rings (SSSR count). The fraction of sp³-hybridized carbons (Fsp3) is 0.238. The average molecular weight is 274 g/mol. The van der Waals surface area contributed by atoms with E-state index < -0.39 is 0 Å². The van der Waals surface area contributed by atoms with Crippen LogP contribution in [-0.2, 0) is 6.42 Å². The second-order valence-corrected chi connectivity index (χ2v) is 5.30. The number of hydrogen-bond acceptors (Lipinski definition) is 0. The SMILES string of the molecule is CC=CC(CCc1ccccc1)=C(C)c1c#cccc1C. The molecule has 21 heavy (non-hydrogen) atoms. The van der Waals surface area contributed by atoms with Crippen LogP contribution in [-0.4, -0.2) is 0 Å². The predicted octanol–water partition coefficient (Wildman–Crippen LogP) is 5.58. The maximum Gasteiger partial charge on any atom is 0.0310 e. The van der Waals surface area contributed by atoms with E-state index in [0.29, 0.717) is 0 Å². The summed E-state index contributed by atoms with van der Waals surface area (Å²) in [7, 11) is 0. The van der Waals surface area contributed by atoms with Crippen LogP contribution in [0.2, 0.25) is 0 Å². The van der Waals surface area contributed by atoms with Crippen LogP contribution in [0.25, 0.3) is 5.57 Å². The summed E-state index contributed by atoms with van der Waals surface area (Å²) < 4.78 is 0. The summed E-state index contributed by atoms with van der Waals surface area (Å²) in [5, 5.41) is 0. The second kappa shape index (κ2) is 7.50. The minimum Gasteiger partial charge on any atom is -0.0874 e. The van der Waals surface area contributed by atoms with Crippen molar-refractivity contribution in [2.24, 2.45) is 0 Å². The van der Waals surface area contributed by atoms with Gasteiger partial charge in [-0.1, -0.05) is 54.6 Å². The number of rotatable bonds is 5. The van der Waals surface area contributed by atoms with Crippen LogP contribution < -0.4 is 0 Å². The molecule has 0 amide bonds. The van der Waals surface area contributed by atoms with Crippen molar-refractivity contribution in [3.05, 3.63) is 89.0 Å². The number of hydrogen-bond donors (Lipinski definition) is 0. The standard InChI is InChI=1S/C21H22/c1-4-10-20(16-15-19-12-6-5-7-13-19)18(3)21-14-9-8-11-17(21)2/h4-8,10-13H,15-16H2,1-3H3. The molecule has 106 valence electrons. The lowest BCUT2D eigenvalue weighted by Crippen LogP contribution is -1.92. The molecule has 2 aromatic carbocycles. The normalized spacial score (nSPS) is 12.1. The van der Waals surface area contributed by atoms with Gasteiger partial charge in [-0.2, -0.15) is 0 Å². The molecule has 0 bridgehead atoms. The topological polar surface area (TPSA) is 0 Å². The molecule has 0 spiro atoms. The van der Waals surface area contributed by atoms with E-state index >= 15 is 0 Å². The van der Waals surface area contributed by atoms with E-state index in [-0.39, 0.29) is 0 Å². The van der Waals surface area contributed by atoms with Gasteiger partial charge in [0.15, 0.2) is 0 Å². The van der Waals surface area contributed by atoms with Crippen LogP contribution in [0.5, 0.6) is 0 Å². The number of allylic oxidation sites excluding steroid dienone is 4. The van der Waals surface area contributed by atoms with Crippen molar-refractivity contribution in [2.45, 2.75) is 33.6 Å². The Morgan fingerprint density at radius 3 is 2.57 bits per heavy atom. The molecule has 0 unspecified atom stereocenters. The highest BCUT2D eigenvalue weighted by molar-refractivity contribution is 5.70. The van der Waals surface area contributed by atoms with Crippen molar-refractivity contribution < 1.29 is 0 Å². The largest absolute Gasteiger partial charge is 0.0874 e. The maximum absolute atomic E-state index is 3.26. The molecule has 0 heteroatoms. The summed E-state index contributed by atoms with van der Waals surface area (Å²) in [4.78, 5) is 0. The minimum absolute atomic E-state index is 1.04. The van der Waals surface area contributed by atoms with Gasteiger partial charge in [0, 0.05) is 5.56 Å². The molecular weight excluding hydrogens is 252 g/mol. The third-order valence-electron chi connectivity index (χ3n) is 3.76. The van der Waals surface area contributed by atoms with E-state index in [4.69, 9.17) is 0 Å².